The zero-order valence-corrected chi connectivity index (χ0v) is 9.45. The van der Waals surface area contributed by atoms with E-state index >= 15 is 0 Å². The van der Waals surface area contributed by atoms with Gasteiger partial charge in [0, 0.05) is 69.8 Å². The second-order valence-electron chi connectivity index (χ2n) is 0.112. The molecule has 0 saturated heterocycles. The van der Waals surface area contributed by atoms with Crippen molar-refractivity contribution in [2.45, 2.75) is 0 Å². The number of hydrogen-bond donors (Lipinski definition) is 3. The van der Waals surface area contributed by atoms with Crippen molar-refractivity contribution in [2.24, 2.45) is 0 Å². The van der Waals surface area contributed by atoms with Crippen LogP contribution in [0.1, 0.15) is 0 Å². The summed E-state index contributed by atoms with van der Waals surface area (Å²) < 4.78 is 0. The zero-order chi connectivity index (χ0) is 4.71. The Kier molecular flexibility index (Phi) is 316. The van der Waals surface area contributed by atoms with Crippen molar-refractivity contribution in [1.29, 1.82) is 0 Å². The molecule has 3 nitrogen and oxygen atoms in total. The predicted molar refractivity (Wildman–Crippen MR) is 14.3 cm³/mol. The molecule has 0 spiro atoms. The molecule has 0 aromatic heterocycles. The van der Waals surface area contributed by atoms with E-state index in [1.54, 1.807) is 0 Å². The molecule has 0 rings (SSSR count). The molecule has 0 saturated carbocycles. The average Bonchev–Trinajstić information content (AvgIpc) is 1.46. The number of rotatable bonds is 0. The minimum Gasteiger partial charge on any atom is -0.648 e. The van der Waals surface area contributed by atoms with Crippen molar-refractivity contribution in [2.75, 3.05) is 0 Å². The molecule has 0 aromatic carbocycles. The van der Waals surface area contributed by atoms with E-state index in [1.165, 1.54) is 0 Å². The van der Waals surface area contributed by atoms with Crippen LogP contribution in [0.4, 0.5) is 0 Å². The normalized spacial score (nSPS) is 1.62. The van der Waals surface area contributed by atoms with Gasteiger partial charge in [0.2, 0.25) is 0 Å². The number of aliphatic hydroxyl groups excluding tert-OH is 1. The zero-order valence-electron chi connectivity index (χ0n) is 3.81. The van der Waals surface area contributed by atoms with Gasteiger partial charge >= 0.3 is 0 Å². The Hall–Kier alpha value is 1.55. The van der Waals surface area contributed by atoms with Gasteiger partial charge < -0.3 is 11.5 Å². The Morgan fingerprint density at radius 3 is 1.12 bits per heavy atom. The maximum absolute atomic E-state index is 6.99. The first-order chi connectivity index (χ1) is 2.41. The fourth-order valence-corrected chi connectivity index (χ4v) is 0. The average molecular weight is 266 g/mol. The SMILES string of the molecule is OO.[C-]#CO.[V].[V].[Y]. The monoisotopic (exact) mass is 266 g/mol. The van der Waals surface area contributed by atoms with Gasteiger partial charge in [0.15, 0.2) is 0 Å². The van der Waals surface area contributed by atoms with Crippen molar-refractivity contribution in [1.82, 2.24) is 0 Å². The molecule has 0 heterocycles. The fraction of sp³-hybridized carbons (Fsp3) is 0. The van der Waals surface area contributed by atoms with E-state index in [9.17, 15) is 0 Å². The Labute approximate surface area is 96.8 Å². The van der Waals surface area contributed by atoms with Crippen LogP contribution in [0.15, 0.2) is 0 Å². The minimum atomic E-state index is 0. The van der Waals surface area contributed by atoms with Gasteiger partial charge in [0.05, 0.1) is 0 Å². The van der Waals surface area contributed by atoms with Crippen LogP contribution in [0, 0.1) is 12.5 Å². The van der Waals surface area contributed by atoms with Crippen LogP contribution in [0.3, 0.4) is 0 Å². The molecular formula is C2H3O3V2Y-. The molecule has 0 bridgehead atoms. The summed E-state index contributed by atoms with van der Waals surface area (Å²) in [6.07, 6.45) is 6.51. The molecule has 3 N–H and O–H groups in total. The minimum absolute atomic E-state index is 0. The molecule has 0 amide bonds. The maximum Gasteiger partial charge on any atom is 0 e. The third-order valence-corrected chi connectivity index (χ3v) is 0. The second kappa shape index (κ2) is 74.9. The van der Waals surface area contributed by atoms with Gasteiger partial charge in [-0.25, -0.2) is 0 Å². The molecule has 0 aromatic rings. The largest absolute Gasteiger partial charge is 0.648 e. The van der Waals surface area contributed by atoms with Crippen LogP contribution >= 0.6 is 0 Å². The molecule has 0 unspecified atom stereocenters. The molecule has 0 aliphatic heterocycles. The third kappa shape index (κ3) is 135. The summed E-state index contributed by atoms with van der Waals surface area (Å²) in [4.78, 5) is 0. The molecule has 3 radical (unpaired) electrons. The molecular weight excluding hydrogens is 263 g/mol. The Bertz CT molecular complexity index is 36.8. The van der Waals surface area contributed by atoms with Crippen molar-refractivity contribution >= 4 is 0 Å². The summed E-state index contributed by atoms with van der Waals surface area (Å²) in [5.41, 5.74) is 0. The van der Waals surface area contributed by atoms with E-state index in [0.29, 0.717) is 0 Å². The fourth-order valence-electron chi connectivity index (χ4n) is 0. The predicted octanol–water partition coefficient (Wildman–Crippen LogP) is -0.0839. The van der Waals surface area contributed by atoms with Crippen molar-refractivity contribution < 1.29 is 85.4 Å². The summed E-state index contributed by atoms with van der Waals surface area (Å²) >= 11 is 0. The van der Waals surface area contributed by atoms with E-state index in [0.717, 1.165) is 6.11 Å². The molecule has 0 fully saturated rings. The molecule has 0 aliphatic carbocycles. The van der Waals surface area contributed by atoms with Crippen LogP contribution in [-0.4, -0.2) is 15.6 Å². The van der Waals surface area contributed by atoms with E-state index in [4.69, 9.17) is 22.0 Å². The van der Waals surface area contributed by atoms with Crippen LogP contribution in [0.5, 0.6) is 0 Å². The standard InChI is InChI=1S/C2HO.H2O2.2V.Y/c1-2-3;1-2;;;/h3H;1-2H;;;/q-1;;;;. The van der Waals surface area contributed by atoms with Crippen molar-refractivity contribution in [3.63, 3.8) is 0 Å². The van der Waals surface area contributed by atoms with Gasteiger partial charge in [-0.2, -0.15) is 6.11 Å². The van der Waals surface area contributed by atoms with Gasteiger partial charge in [-0.05, 0) is 0 Å². The molecule has 43 valence electrons. The van der Waals surface area contributed by atoms with Crippen LogP contribution in [0.2, 0.25) is 0 Å². The smallest absolute Gasteiger partial charge is 0 e. The quantitative estimate of drug-likeness (QED) is 0.248. The van der Waals surface area contributed by atoms with Crippen LogP contribution < -0.4 is 0 Å². The summed E-state index contributed by atoms with van der Waals surface area (Å²) in [6.45, 7) is 0. The third-order valence-electron chi connectivity index (χ3n) is 0. The summed E-state index contributed by atoms with van der Waals surface area (Å²) in [5, 5.41) is 19.0. The second-order valence-corrected chi connectivity index (χ2v) is 0.112. The van der Waals surface area contributed by atoms with Gasteiger partial charge in [-0.1, -0.05) is 0 Å². The first kappa shape index (κ1) is 33.7. The number of hydrogen-bond acceptors (Lipinski definition) is 3. The van der Waals surface area contributed by atoms with Gasteiger partial charge in [0.1, 0.15) is 0 Å². The summed E-state index contributed by atoms with van der Waals surface area (Å²) in [6, 6.07) is 0. The number of aliphatic hydroxyl groups is 1. The van der Waals surface area contributed by atoms with E-state index < -0.39 is 0 Å². The molecule has 6 heteroatoms. The summed E-state index contributed by atoms with van der Waals surface area (Å²) in [7, 11) is 0. The Balaban J connectivity index is -0.00000000567. The first-order valence-corrected chi connectivity index (χ1v) is 0.674. The topological polar surface area (TPSA) is 60.7 Å². The molecule has 0 atom stereocenters. The summed E-state index contributed by atoms with van der Waals surface area (Å²) in [5.74, 6) is 0. The van der Waals surface area contributed by atoms with Crippen LogP contribution in [0.25, 0.3) is 0 Å². The van der Waals surface area contributed by atoms with E-state index in [2.05, 4.69) is 0 Å². The van der Waals surface area contributed by atoms with Gasteiger partial charge in [-0.15, -0.1) is 0 Å². The van der Waals surface area contributed by atoms with Crippen LogP contribution in [-0.2, 0) is 69.8 Å². The van der Waals surface area contributed by atoms with E-state index in [1.807, 2.05) is 0 Å². The first-order valence-electron chi connectivity index (χ1n) is 0.674. The molecule has 0 aliphatic rings. The molecule has 8 heavy (non-hydrogen) atoms. The Morgan fingerprint density at radius 2 is 1.12 bits per heavy atom. The Morgan fingerprint density at radius 1 is 1.12 bits per heavy atom. The van der Waals surface area contributed by atoms with Gasteiger partial charge in [-0.3, -0.25) is 10.5 Å². The van der Waals surface area contributed by atoms with Crippen molar-refractivity contribution in [3.05, 3.63) is 6.42 Å². The van der Waals surface area contributed by atoms with Crippen molar-refractivity contribution in [3.8, 4) is 6.11 Å². The van der Waals surface area contributed by atoms with E-state index in [-0.39, 0.29) is 69.8 Å². The maximum atomic E-state index is 6.99. The van der Waals surface area contributed by atoms with Gasteiger partial charge in [0.25, 0.3) is 0 Å².